The SMILES string of the molecule is COc1cc(/C(C)=N/NC(=O)C(=O)Nc2ccccc2F)ccc1Oc1ccc([N+](=O)[O-])cc1[N+](=O)[O-]. The average molecular weight is 511 g/mol. The quantitative estimate of drug-likeness (QED) is 0.198. The van der Waals surface area contributed by atoms with Crippen LogP contribution in [0, 0.1) is 26.0 Å². The van der Waals surface area contributed by atoms with Gasteiger partial charge in [0.25, 0.3) is 5.69 Å². The predicted octanol–water partition coefficient (Wildman–Crippen LogP) is 3.92. The fourth-order valence-electron chi connectivity index (χ4n) is 2.94. The summed E-state index contributed by atoms with van der Waals surface area (Å²) >= 11 is 0. The Balaban J connectivity index is 1.76. The van der Waals surface area contributed by atoms with Crippen molar-refractivity contribution in [1.29, 1.82) is 0 Å². The van der Waals surface area contributed by atoms with Crippen molar-refractivity contribution in [3.63, 3.8) is 0 Å². The van der Waals surface area contributed by atoms with Gasteiger partial charge >= 0.3 is 17.5 Å². The number of methoxy groups -OCH3 is 1. The van der Waals surface area contributed by atoms with Gasteiger partial charge in [0.2, 0.25) is 5.75 Å². The maximum Gasteiger partial charge on any atom is 0.329 e. The van der Waals surface area contributed by atoms with E-state index in [1.165, 1.54) is 50.4 Å². The van der Waals surface area contributed by atoms with E-state index in [1.54, 1.807) is 0 Å². The zero-order valence-electron chi connectivity index (χ0n) is 19.3. The van der Waals surface area contributed by atoms with Crippen molar-refractivity contribution in [2.45, 2.75) is 6.92 Å². The molecule has 0 heterocycles. The number of hydrogen-bond acceptors (Lipinski definition) is 9. The van der Waals surface area contributed by atoms with Gasteiger partial charge in [0.05, 0.1) is 34.4 Å². The minimum atomic E-state index is -1.14. The van der Waals surface area contributed by atoms with Crippen molar-refractivity contribution < 1.29 is 33.3 Å². The monoisotopic (exact) mass is 511 g/mol. The molecule has 0 atom stereocenters. The van der Waals surface area contributed by atoms with Crippen LogP contribution in [0.4, 0.5) is 21.5 Å². The summed E-state index contributed by atoms with van der Waals surface area (Å²) in [4.78, 5) is 44.7. The van der Waals surface area contributed by atoms with Crippen LogP contribution in [0.3, 0.4) is 0 Å². The number of hydrogen-bond donors (Lipinski definition) is 2. The third-order valence-corrected chi connectivity index (χ3v) is 4.80. The summed E-state index contributed by atoms with van der Waals surface area (Å²) in [6.07, 6.45) is 0. The fraction of sp³-hybridized carbons (Fsp3) is 0.0870. The summed E-state index contributed by atoms with van der Waals surface area (Å²) in [6, 6.07) is 12.6. The van der Waals surface area contributed by atoms with Crippen LogP contribution in [-0.2, 0) is 9.59 Å². The van der Waals surface area contributed by atoms with E-state index < -0.39 is 38.9 Å². The van der Waals surface area contributed by atoms with Gasteiger partial charge in [-0.05, 0) is 43.3 Å². The Morgan fingerprint density at radius 3 is 2.27 bits per heavy atom. The first-order chi connectivity index (χ1) is 17.6. The van der Waals surface area contributed by atoms with Crippen LogP contribution in [0.5, 0.6) is 17.2 Å². The lowest BCUT2D eigenvalue weighted by atomic mass is 10.1. The molecule has 2 amide bonds. The van der Waals surface area contributed by atoms with Crippen molar-refractivity contribution >= 4 is 34.6 Å². The van der Waals surface area contributed by atoms with Gasteiger partial charge in [-0.3, -0.25) is 29.8 Å². The largest absolute Gasteiger partial charge is 0.493 e. The molecule has 0 spiro atoms. The lowest BCUT2D eigenvalue weighted by Gasteiger charge is -2.12. The maximum absolute atomic E-state index is 13.6. The van der Waals surface area contributed by atoms with Crippen molar-refractivity contribution in [3.8, 4) is 17.2 Å². The summed E-state index contributed by atoms with van der Waals surface area (Å²) in [5.74, 6) is -3.04. The third-order valence-electron chi connectivity index (χ3n) is 4.80. The molecule has 0 bridgehead atoms. The minimum Gasteiger partial charge on any atom is -0.493 e. The summed E-state index contributed by atoms with van der Waals surface area (Å²) in [5.41, 5.74) is 1.48. The van der Waals surface area contributed by atoms with E-state index in [0.29, 0.717) is 5.56 Å². The van der Waals surface area contributed by atoms with Gasteiger partial charge in [0.15, 0.2) is 11.5 Å². The zero-order chi connectivity index (χ0) is 27.1. The number of amides is 2. The number of nitrogens with one attached hydrogen (secondary N) is 2. The molecule has 0 aliphatic carbocycles. The van der Waals surface area contributed by atoms with Gasteiger partial charge in [-0.2, -0.15) is 5.10 Å². The Hall–Kier alpha value is -5.40. The zero-order valence-corrected chi connectivity index (χ0v) is 19.3. The van der Waals surface area contributed by atoms with Gasteiger partial charge < -0.3 is 14.8 Å². The van der Waals surface area contributed by atoms with Crippen LogP contribution in [0.1, 0.15) is 12.5 Å². The summed E-state index contributed by atoms with van der Waals surface area (Å²) in [7, 11) is 1.32. The molecule has 0 aliphatic rings. The lowest BCUT2D eigenvalue weighted by molar-refractivity contribution is -0.394. The second kappa shape index (κ2) is 11.4. The van der Waals surface area contributed by atoms with Crippen LogP contribution in [0.2, 0.25) is 0 Å². The van der Waals surface area contributed by atoms with E-state index in [9.17, 15) is 34.2 Å². The van der Waals surface area contributed by atoms with Crippen LogP contribution in [0.15, 0.2) is 65.8 Å². The maximum atomic E-state index is 13.6. The number of rotatable bonds is 8. The number of para-hydroxylation sites is 1. The van der Waals surface area contributed by atoms with Gasteiger partial charge in [0.1, 0.15) is 5.82 Å². The Labute approximate surface area is 207 Å². The molecule has 3 aromatic rings. The molecule has 190 valence electrons. The summed E-state index contributed by atoms with van der Waals surface area (Å²) in [5, 5.41) is 28.2. The highest BCUT2D eigenvalue weighted by Crippen LogP contribution is 2.38. The molecule has 2 N–H and O–H groups in total. The highest BCUT2D eigenvalue weighted by atomic mass is 19.1. The van der Waals surface area contributed by atoms with Gasteiger partial charge in [-0.25, -0.2) is 9.82 Å². The number of nitro groups is 2. The average Bonchev–Trinajstić information content (AvgIpc) is 2.88. The smallest absolute Gasteiger partial charge is 0.329 e. The predicted molar refractivity (Wildman–Crippen MR) is 128 cm³/mol. The molecule has 3 aromatic carbocycles. The number of carbonyl (C=O) groups is 2. The number of non-ortho nitro benzene ring substituents is 1. The molecular formula is C23H18FN5O8. The topological polar surface area (TPSA) is 175 Å². The number of nitrogens with zero attached hydrogens (tertiary/aromatic N) is 3. The molecule has 0 radical (unpaired) electrons. The highest BCUT2D eigenvalue weighted by Gasteiger charge is 2.22. The fourth-order valence-corrected chi connectivity index (χ4v) is 2.94. The summed E-state index contributed by atoms with van der Waals surface area (Å²) in [6.45, 7) is 1.52. The van der Waals surface area contributed by atoms with Crippen LogP contribution in [0.25, 0.3) is 0 Å². The van der Waals surface area contributed by atoms with E-state index in [-0.39, 0.29) is 28.6 Å². The van der Waals surface area contributed by atoms with E-state index in [1.807, 2.05) is 0 Å². The molecule has 0 aliphatic heterocycles. The normalized spacial score (nSPS) is 10.8. The molecule has 13 nitrogen and oxygen atoms in total. The highest BCUT2D eigenvalue weighted by molar-refractivity contribution is 6.39. The first-order valence-electron chi connectivity index (χ1n) is 10.3. The molecule has 0 fully saturated rings. The third kappa shape index (κ3) is 6.39. The number of ether oxygens (including phenoxy) is 2. The van der Waals surface area contributed by atoms with Gasteiger partial charge in [-0.15, -0.1) is 0 Å². The van der Waals surface area contributed by atoms with Crippen molar-refractivity contribution in [1.82, 2.24) is 5.43 Å². The number of benzene rings is 3. The van der Waals surface area contributed by atoms with Crippen LogP contribution in [-0.4, -0.2) is 34.5 Å². The number of anilines is 1. The van der Waals surface area contributed by atoms with E-state index >= 15 is 0 Å². The van der Waals surface area contributed by atoms with E-state index in [4.69, 9.17) is 9.47 Å². The Morgan fingerprint density at radius 2 is 1.62 bits per heavy atom. The molecule has 0 saturated carbocycles. The number of hydrazone groups is 1. The molecular weight excluding hydrogens is 493 g/mol. The van der Waals surface area contributed by atoms with Crippen LogP contribution >= 0.6 is 0 Å². The Bertz CT molecular complexity index is 1430. The van der Waals surface area contributed by atoms with Crippen LogP contribution < -0.4 is 20.2 Å². The molecule has 0 saturated heterocycles. The minimum absolute atomic E-state index is 0.0595. The van der Waals surface area contributed by atoms with Gasteiger partial charge in [-0.1, -0.05) is 12.1 Å². The number of halogens is 1. The van der Waals surface area contributed by atoms with Crippen molar-refractivity contribution in [3.05, 3.63) is 92.3 Å². The molecule has 0 unspecified atom stereocenters. The van der Waals surface area contributed by atoms with Crippen molar-refractivity contribution in [2.75, 3.05) is 12.4 Å². The van der Waals surface area contributed by atoms with E-state index in [0.717, 1.165) is 24.3 Å². The lowest BCUT2D eigenvalue weighted by Crippen LogP contribution is -2.33. The molecule has 14 heteroatoms. The molecule has 3 rings (SSSR count). The standard InChI is InChI=1S/C23H18FN5O8/c1-13(26-27-23(31)22(30)25-17-6-4-3-5-16(17)24)14-7-9-20(21(11-14)36-2)37-19-10-8-15(28(32)33)12-18(19)29(34)35/h3-12H,1-2H3,(H,25,30)(H,27,31)/b26-13+. The second-order valence-corrected chi connectivity index (χ2v) is 7.21. The molecule has 0 aromatic heterocycles. The Morgan fingerprint density at radius 1 is 0.919 bits per heavy atom. The van der Waals surface area contributed by atoms with Crippen molar-refractivity contribution in [2.24, 2.45) is 5.10 Å². The van der Waals surface area contributed by atoms with E-state index in [2.05, 4.69) is 15.8 Å². The second-order valence-electron chi connectivity index (χ2n) is 7.21. The first-order valence-corrected chi connectivity index (χ1v) is 10.3. The first kappa shape index (κ1) is 26.2. The number of nitro benzene ring substituents is 2. The summed E-state index contributed by atoms with van der Waals surface area (Å²) < 4.78 is 24.5. The molecule has 37 heavy (non-hydrogen) atoms. The number of carbonyl (C=O) groups excluding carboxylic acids is 2. The Kier molecular flexibility index (Phi) is 8.04. The van der Waals surface area contributed by atoms with Gasteiger partial charge in [0, 0.05) is 11.6 Å².